The van der Waals surface area contributed by atoms with Crippen LogP contribution in [0.3, 0.4) is 0 Å². The first-order chi connectivity index (χ1) is 7.34. The lowest BCUT2D eigenvalue weighted by molar-refractivity contribution is 0.576. The molecular formula is C14H21N. The van der Waals surface area contributed by atoms with Crippen molar-refractivity contribution in [2.75, 3.05) is 13.1 Å². The quantitative estimate of drug-likeness (QED) is 0.676. The summed E-state index contributed by atoms with van der Waals surface area (Å²) in [5, 5.41) is 3.45. The standard InChI is InChI=1S/C14H21N/c1-3-11-15-12-13(2)14-9-7-5-4-6-8-10-14/h4-10,13,15H,3,11-12H2,1-2H3/b5-4-,6-4?,7-5?,8-6-,9-7-,10-8?,14-9?,14-10+. The first-order valence-corrected chi connectivity index (χ1v) is 5.77. The molecule has 1 aliphatic carbocycles. The number of allylic oxidation sites excluding steroid dienone is 7. The normalized spacial score (nSPS) is 26.9. The third kappa shape index (κ3) is 4.80. The Bertz CT molecular complexity index is 282. The van der Waals surface area contributed by atoms with Crippen LogP contribution < -0.4 is 5.32 Å². The van der Waals surface area contributed by atoms with Gasteiger partial charge in [0.1, 0.15) is 0 Å². The van der Waals surface area contributed by atoms with E-state index in [0.29, 0.717) is 5.92 Å². The second kappa shape index (κ2) is 7.24. The molecule has 1 aliphatic rings. The molecule has 0 spiro atoms. The highest BCUT2D eigenvalue weighted by Gasteiger charge is 2.04. The average Bonchev–Trinajstić information content (AvgIpc) is 2.17. The molecule has 0 radical (unpaired) electrons. The Hall–Kier alpha value is -1.08. The summed E-state index contributed by atoms with van der Waals surface area (Å²) in [5.74, 6) is 0.573. The third-order valence-corrected chi connectivity index (χ3v) is 2.47. The molecule has 1 unspecified atom stereocenters. The third-order valence-electron chi connectivity index (χ3n) is 2.47. The molecule has 1 atom stereocenters. The Morgan fingerprint density at radius 3 is 2.67 bits per heavy atom. The van der Waals surface area contributed by atoms with Gasteiger partial charge in [-0.1, -0.05) is 56.4 Å². The van der Waals surface area contributed by atoms with Crippen LogP contribution in [-0.4, -0.2) is 13.1 Å². The molecule has 0 fully saturated rings. The van der Waals surface area contributed by atoms with Gasteiger partial charge in [-0.15, -0.1) is 0 Å². The Morgan fingerprint density at radius 1 is 1.13 bits per heavy atom. The van der Waals surface area contributed by atoms with Crippen molar-refractivity contribution in [2.45, 2.75) is 20.3 Å². The molecule has 0 aromatic heterocycles. The van der Waals surface area contributed by atoms with Gasteiger partial charge in [-0.3, -0.25) is 0 Å². The summed E-state index contributed by atoms with van der Waals surface area (Å²) >= 11 is 0. The van der Waals surface area contributed by atoms with Crippen molar-refractivity contribution in [3.05, 3.63) is 48.1 Å². The molecule has 0 aliphatic heterocycles. The molecule has 0 heterocycles. The summed E-state index contributed by atoms with van der Waals surface area (Å²) in [6.07, 6.45) is 16.0. The molecule has 0 aromatic rings. The monoisotopic (exact) mass is 203 g/mol. The van der Waals surface area contributed by atoms with Gasteiger partial charge >= 0.3 is 0 Å². The lowest BCUT2D eigenvalue weighted by Gasteiger charge is -2.13. The van der Waals surface area contributed by atoms with Crippen molar-refractivity contribution in [1.29, 1.82) is 0 Å². The molecular weight excluding hydrogens is 182 g/mol. The van der Waals surface area contributed by atoms with Crippen LogP contribution in [0.15, 0.2) is 48.1 Å². The van der Waals surface area contributed by atoms with Crippen LogP contribution in [0.2, 0.25) is 0 Å². The van der Waals surface area contributed by atoms with Gasteiger partial charge in [0.15, 0.2) is 0 Å². The molecule has 0 aromatic carbocycles. The van der Waals surface area contributed by atoms with Gasteiger partial charge in [-0.2, -0.15) is 0 Å². The van der Waals surface area contributed by atoms with Crippen LogP contribution in [-0.2, 0) is 0 Å². The van der Waals surface area contributed by atoms with Crippen LogP contribution in [0.4, 0.5) is 0 Å². The van der Waals surface area contributed by atoms with E-state index in [2.05, 4.69) is 55.6 Å². The smallest absolute Gasteiger partial charge is 0.00174 e. The second-order valence-corrected chi connectivity index (χ2v) is 3.90. The van der Waals surface area contributed by atoms with Gasteiger partial charge in [0.2, 0.25) is 0 Å². The zero-order valence-electron chi connectivity index (χ0n) is 9.74. The van der Waals surface area contributed by atoms with E-state index in [9.17, 15) is 0 Å². The number of rotatable bonds is 5. The van der Waals surface area contributed by atoms with Gasteiger partial charge in [0.05, 0.1) is 0 Å². The van der Waals surface area contributed by atoms with Crippen LogP contribution >= 0.6 is 0 Å². The molecule has 1 heteroatoms. The summed E-state index contributed by atoms with van der Waals surface area (Å²) in [4.78, 5) is 0. The fraction of sp³-hybridized carbons (Fsp3) is 0.429. The number of nitrogens with one attached hydrogen (secondary N) is 1. The topological polar surface area (TPSA) is 12.0 Å². The van der Waals surface area contributed by atoms with Crippen molar-refractivity contribution >= 4 is 0 Å². The summed E-state index contributed by atoms with van der Waals surface area (Å²) in [5.41, 5.74) is 1.39. The molecule has 1 N–H and O–H groups in total. The van der Waals surface area contributed by atoms with Crippen molar-refractivity contribution in [3.63, 3.8) is 0 Å². The van der Waals surface area contributed by atoms with Crippen LogP contribution in [0.5, 0.6) is 0 Å². The minimum Gasteiger partial charge on any atom is -0.316 e. The van der Waals surface area contributed by atoms with E-state index in [0.717, 1.165) is 13.1 Å². The SMILES string of the molecule is CCCNCC(C)C1=C/C=C\C=C/C=C\1. The summed E-state index contributed by atoms with van der Waals surface area (Å²) in [6.45, 7) is 6.62. The number of hydrogen-bond donors (Lipinski definition) is 1. The molecule has 0 amide bonds. The van der Waals surface area contributed by atoms with Crippen LogP contribution in [0, 0.1) is 5.92 Å². The Kier molecular flexibility index (Phi) is 5.79. The van der Waals surface area contributed by atoms with E-state index in [4.69, 9.17) is 0 Å². The summed E-state index contributed by atoms with van der Waals surface area (Å²) in [6, 6.07) is 0. The van der Waals surface area contributed by atoms with Crippen molar-refractivity contribution in [3.8, 4) is 0 Å². The largest absolute Gasteiger partial charge is 0.316 e. The lowest BCUT2D eigenvalue weighted by atomic mass is 9.99. The predicted octanol–water partition coefficient (Wildman–Crippen LogP) is 3.23. The highest BCUT2D eigenvalue weighted by Crippen LogP contribution is 2.12. The Morgan fingerprint density at radius 2 is 1.87 bits per heavy atom. The van der Waals surface area contributed by atoms with Crippen LogP contribution in [0.25, 0.3) is 0 Å². The van der Waals surface area contributed by atoms with Crippen molar-refractivity contribution in [2.24, 2.45) is 5.92 Å². The molecule has 15 heavy (non-hydrogen) atoms. The second-order valence-electron chi connectivity index (χ2n) is 3.90. The maximum absolute atomic E-state index is 3.45. The minimum atomic E-state index is 0.573. The Labute approximate surface area is 93.3 Å². The van der Waals surface area contributed by atoms with E-state index in [1.54, 1.807) is 0 Å². The van der Waals surface area contributed by atoms with Gasteiger partial charge in [0.25, 0.3) is 0 Å². The van der Waals surface area contributed by atoms with E-state index in [1.165, 1.54) is 12.0 Å². The van der Waals surface area contributed by atoms with E-state index >= 15 is 0 Å². The summed E-state index contributed by atoms with van der Waals surface area (Å²) in [7, 11) is 0. The minimum absolute atomic E-state index is 0.573. The first-order valence-electron chi connectivity index (χ1n) is 5.77. The predicted molar refractivity (Wildman–Crippen MR) is 67.8 cm³/mol. The van der Waals surface area contributed by atoms with E-state index in [-0.39, 0.29) is 0 Å². The lowest BCUT2D eigenvalue weighted by Crippen LogP contribution is -2.22. The van der Waals surface area contributed by atoms with E-state index in [1.807, 2.05) is 6.08 Å². The van der Waals surface area contributed by atoms with Gasteiger partial charge in [-0.05, 0) is 24.5 Å². The fourth-order valence-electron chi connectivity index (χ4n) is 1.52. The Balaban J connectivity index is 2.46. The highest BCUT2D eigenvalue weighted by atomic mass is 14.8. The number of hydrogen-bond acceptors (Lipinski definition) is 1. The van der Waals surface area contributed by atoms with Crippen LogP contribution in [0.1, 0.15) is 20.3 Å². The zero-order valence-corrected chi connectivity index (χ0v) is 9.74. The maximum Gasteiger partial charge on any atom is 0.00174 e. The van der Waals surface area contributed by atoms with Gasteiger partial charge in [-0.25, -0.2) is 0 Å². The molecule has 0 bridgehead atoms. The zero-order chi connectivity index (χ0) is 10.9. The molecule has 0 saturated heterocycles. The van der Waals surface area contributed by atoms with Crippen molar-refractivity contribution < 1.29 is 0 Å². The van der Waals surface area contributed by atoms with Crippen molar-refractivity contribution in [1.82, 2.24) is 5.32 Å². The van der Waals surface area contributed by atoms with Gasteiger partial charge < -0.3 is 5.32 Å². The van der Waals surface area contributed by atoms with E-state index < -0.39 is 0 Å². The molecule has 1 rings (SSSR count). The molecule has 0 saturated carbocycles. The molecule has 1 nitrogen and oxygen atoms in total. The summed E-state index contributed by atoms with van der Waals surface area (Å²) < 4.78 is 0. The van der Waals surface area contributed by atoms with Gasteiger partial charge in [0, 0.05) is 6.54 Å². The first kappa shape index (κ1) is 12.0. The highest BCUT2D eigenvalue weighted by molar-refractivity contribution is 5.32. The fourth-order valence-corrected chi connectivity index (χ4v) is 1.52. The maximum atomic E-state index is 3.45. The average molecular weight is 203 g/mol. The molecule has 82 valence electrons.